The van der Waals surface area contributed by atoms with Gasteiger partial charge in [0.05, 0.1) is 9.79 Å². The minimum Gasteiger partial charge on any atom is -0.323 e. The molecule has 0 fully saturated rings. The van der Waals surface area contributed by atoms with Crippen molar-refractivity contribution in [3.05, 3.63) is 59.7 Å². The molecule has 0 aromatic heterocycles. The van der Waals surface area contributed by atoms with Gasteiger partial charge in [0.25, 0.3) is 20.0 Å². The van der Waals surface area contributed by atoms with Crippen LogP contribution in [0.4, 0.5) is 4.79 Å². The summed E-state index contributed by atoms with van der Waals surface area (Å²) in [5.74, 6) is 0. The Morgan fingerprint density at radius 1 is 0.714 bits per heavy atom. The Hall–Kier alpha value is -2.39. The number of carbonyl (C=O) groups excluding carboxylic acids is 1. The van der Waals surface area contributed by atoms with E-state index in [1.807, 2.05) is 0 Å². The molecule has 0 aliphatic rings. The topological polar surface area (TPSA) is 91.8 Å². The number of amides is 2. The monoisotopic (exact) mass is 424 g/mol. The van der Waals surface area contributed by atoms with E-state index < -0.39 is 26.1 Å². The molecule has 2 rings (SSSR count). The van der Waals surface area contributed by atoms with Crippen molar-refractivity contribution in [2.24, 2.45) is 0 Å². The van der Waals surface area contributed by atoms with E-state index in [9.17, 15) is 21.6 Å². The van der Waals surface area contributed by atoms with Crippen LogP contribution in [0.15, 0.2) is 58.3 Å². The van der Waals surface area contributed by atoms with Gasteiger partial charge in [0, 0.05) is 13.1 Å². The fraction of sp³-hybridized carbons (Fsp3) is 0.316. The van der Waals surface area contributed by atoms with Crippen molar-refractivity contribution < 1.29 is 21.6 Å². The number of sulfonamides is 2. The zero-order valence-corrected chi connectivity index (χ0v) is 17.9. The number of carbonyl (C=O) groups is 1. The average Bonchev–Trinajstić information content (AvgIpc) is 2.63. The lowest BCUT2D eigenvalue weighted by molar-refractivity contribution is 0.196. The highest BCUT2D eigenvalue weighted by Crippen LogP contribution is 2.26. The van der Waals surface area contributed by atoms with Crippen molar-refractivity contribution in [2.75, 3.05) is 13.1 Å². The van der Waals surface area contributed by atoms with Gasteiger partial charge in [0.15, 0.2) is 0 Å². The van der Waals surface area contributed by atoms with Crippen LogP contribution in [0.2, 0.25) is 0 Å². The van der Waals surface area contributed by atoms with Gasteiger partial charge in [-0.2, -0.15) is 16.8 Å². The first-order valence-corrected chi connectivity index (χ1v) is 11.7. The molecule has 0 unspecified atom stereocenters. The molecule has 2 aromatic rings. The first-order chi connectivity index (χ1) is 13.1. The quantitative estimate of drug-likeness (QED) is 0.710. The minimum absolute atomic E-state index is 0.00231. The molecule has 0 aliphatic heterocycles. The smallest absolute Gasteiger partial charge is 0.323 e. The van der Waals surface area contributed by atoms with E-state index in [1.165, 1.54) is 24.3 Å². The first-order valence-electron chi connectivity index (χ1n) is 8.78. The highest BCUT2D eigenvalue weighted by molar-refractivity contribution is 8.04. The Morgan fingerprint density at radius 3 is 1.32 bits per heavy atom. The maximum absolute atomic E-state index is 13.2. The predicted molar refractivity (Wildman–Crippen MR) is 107 cm³/mol. The van der Waals surface area contributed by atoms with Gasteiger partial charge in [-0.25, -0.2) is 4.79 Å². The van der Waals surface area contributed by atoms with Crippen LogP contribution in [0.5, 0.6) is 0 Å². The maximum Gasteiger partial charge on any atom is 0.348 e. The van der Waals surface area contributed by atoms with E-state index in [1.54, 1.807) is 52.0 Å². The van der Waals surface area contributed by atoms with Crippen molar-refractivity contribution >= 4 is 26.1 Å². The van der Waals surface area contributed by atoms with Gasteiger partial charge in [-0.1, -0.05) is 35.4 Å². The summed E-state index contributed by atoms with van der Waals surface area (Å²) < 4.78 is 52.8. The Kier molecular flexibility index (Phi) is 6.51. The van der Waals surface area contributed by atoms with Gasteiger partial charge in [0.2, 0.25) is 0 Å². The first kappa shape index (κ1) is 21.9. The second-order valence-electron chi connectivity index (χ2n) is 6.29. The van der Waals surface area contributed by atoms with Gasteiger partial charge in [-0.3, -0.25) is 0 Å². The molecule has 0 aliphatic carbocycles. The summed E-state index contributed by atoms with van der Waals surface area (Å²) in [5.41, 5.74) is 1.61. The van der Waals surface area contributed by atoms with E-state index in [4.69, 9.17) is 0 Å². The third kappa shape index (κ3) is 4.20. The third-order valence-electron chi connectivity index (χ3n) is 4.26. The fourth-order valence-corrected chi connectivity index (χ4v) is 6.09. The summed E-state index contributed by atoms with van der Waals surface area (Å²) >= 11 is 0. The Labute approximate surface area is 166 Å². The molecule has 7 nitrogen and oxygen atoms in total. The molecule has 0 heterocycles. The molecule has 0 bridgehead atoms. The van der Waals surface area contributed by atoms with Gasteiger partial charge in [-0.15, -0.1) is 3.71 Å². The summed E-state index contributed by atoms with van der Waals surface area (Å²) in [7, 11) is -9.29. The number of hydrogen-bond donors (Lipinski definition) is 0. The number of urea groups is 1. The van der Waals surface area contributed by atoms with Crippen LogP contribution in [0, 0.1) is 13.8 Å². The SMILES string of the molecule is CCN(CC)C(=O)N(S(=O)(=O)c1ccc(C)cc1)S(=O)(=O)c1ccc(C)cc1. The van der Waals surface area contributed by atoms with E-state index in [-0.39, 0.29) is 26.6 Å². The zero-order valence-electron chi connectivity index (χ0n) is 16.3. The molecule has 9 heteroatoms. The van der Waals surface area contributed by atoms with E-state index in [2.05, 4.69) is 0 Å². The fourth-order valence-electron chi connectivity index (χ4n) is 2.56. The number of rotatable bonds is 6. The summed E-state index contributed by atoms with van der Waals surface area (Å²) in [6.07, 6.45) is 0. The molecule has 28 heavy (non-hydrogen) atoms. The zero-order chi connectivity index (χ0) is 21.1. The molecular formula is C19H24N2O5S2. The van der Waals surface area contributed by atoms with Crippen LogP contribution in [0.25, 0.3) is 0 Å². The number of benzene rings is 2. The lowest BCUT2D eigenvalue weighted by atomic mass is 10.2. The minimum atomic E-state index is -4.64. The molecule has 152 valence electrons. The molecule has 0 N–H and O–H groups in total. The largest absolute Gasteiger partial charge is 0.348 e. The normalized spacial score (nSPS) is 11.9. The molecular weight excluding hydrogens is 400 g/mol. The van der Waals surface area contributed by atoms with Crippen LogP contribution in [0.3, 0.4) is 0 Å². The van der Waals surface area contributed by atoms with Gasteiger partial charge >= 0.3 is 6.03 Å². The molecule has 0 saturated heterocycles. The molecule has 2 aromatic carbocycles. The van der Waals surface area contributed by atoms with Gasteiger partial charge in [0.1, 0.15) is 0 Å². The highest BCUT2D eigenvalue weighted by atomic mass is 32.3. The highest BCUT2D eigenvalue weighted by Gasteiger charge is 2.42. The summed E-state index contributed by atoms with van der Waals surface area (Å²) in [6, 6.07) is 10.2. The molecule has 0 spiro atoms. The molecule has 0 saturated carbocycles. The number of aryl methyl sites for hydroxylation is 2. The van der Waals surface area contributed by atoms with Crippen LogP contribution in [-0.2, 0) is 20.0 Å². The Morgan fingerprint density at radius 2 is 1.04 bits per heavy atom. The van der Waals surface area contributed by atoms with Crippen molar-refractivity contribution in [3.8, 4) is 0 Å². The van der Waals surface area contributed by atoms with Crippen LogP contribution >= 0.6 is 0 Å². The number of nitrogens with zero attached hydrogens (tertiary/aromatic N) is 2. The standard InChI is InChI=1S/C19H24N2O5S2/c1-5-20(6-2)19(22)21(27(23,24)17-11-7-15(3)8-12-17)28(25,26)18-13-9-16(4)10-14-18/h7-14H,5-6H2,1-4H3. The summed E-state index contributed by atoms with van der Waals surface area (Å²) in [5, 5.41) is 0. The van der Waals surface area contributed by atoms with Crippen molar-refractivity contribution in [1.82, 2.24) is 8.61 Å². The second kappa shape index (κ2) is 8.32. The van der Waals surface area contributed by atoms with Crippen molar-refractivity contribution in [1.29, 1.82) is 0 Å². The van der Waals surface area contributed by atoms with Gasteiger partial charge < -0.3 is 4.90 Å². The molecule has 0 atom stereocenters. The lowest BCUT2D eigenvalue weighted by Crippen LogP contribution is -2.49. The van der Waals surface area contributed by atoms with E-state index in [0.717, 1.165) is 16.0 Å². The summed E-state index contributed by atoms with van der Waals surface area (Å²) in [4.78, 5) is 13.6. The second-order valence-corrected chi connectivity index (χ2v) is 10.1. The predicted octanol–water partition coefficient (Wildman–Crippen LogP) is 3.14. The van der Waals surface area contributed by atoms with E-state index >= 15 is 0 Å². The summed E-state index contributed by atoms with van der Waals surface area (Å²) in [6.45, 7) is 7.18. The van der Waals surface area contributed by atoms with Crippen molar-refractivity contribution in [2.45, 2.75) is 37.5 Å². The van der Waals surface area contributed by atoms with Crippen LogP contribution in [-0.4, -0.2) is 44.6 Å². The van der Waals surface area contributed by atoms with Gasteiger partial charge in [-0.05, 0) is 52.0 Å². The molecule has 0 radical (unpaired) electrons. The third-order valence-corrected chi connectivity index (χ3v) is 8.36. The van der Waals surface area contributed by atoms with E-state index in [0.29, 0.717) is 0 Å². The molecule has 2 amide bonds. The van der Waals surface area contributed by atoms with Crippen molar-refractivity contribution in [3.63, 3.8) is 0 Å². The lowest BCUT2D eigenvalue weighted by Gasteiger charge is -2.28. The average molecular weight is 425 g/mol. The Bertz CT molecular complexity index is 965. The number of hydrogen-bond acceptors (Lipinski definition) is 5. The Balaban J connectivity index is 2.71. The maximum atomic E-state index is 13.2. The van der Waals surface area contributed by atoms with Crippen LogP contribution in [0.1, 0.15) is 25.0 Å². The van der Waals surface area contributed by atoms with Crippen LogP contribution < -0.4 is 0 Å².